The number of piperidine rings is 1. The largest absolute Gasteiger partial charge is 0.466 e. The summed E-state index contributed by atoms with van der Waals surface area (Å²) in [6, 6.07) is 0. The fraction of sp³-hybridized carbons (Fsp3) is 0.909. The van der Waals surface area contributed by atoms with E-state index in [0.29, 0.717) is 13.2 Å². The van der Waals surface area contributed by atoms with Crippen molar-refractivity contribution in [2.45, 2.75) is 26.2 Å². The number of carbonyl (C=O) groups excluding carboxylic acids is 1. The predicted octanol–water partition coefficient (Wildman–Crippen LogP) is 0.956. The molecule has 1 saturated heterocycles. The van der Waals surface area contributed by atoms with Crippen molar-refractivity contribution in [2.75, 3.05) is 33.4 Å². The lowest BCUT2D eigenvalue weighted by molar-refractivity contribution is -0.157. The van der Waals surface area contributed by atoms with Gasteiger partial charge in [-0.25, -0.2) is 0 Å². The number of esters is 1. The van der Waals surface area contributed by atoms with Crippen LogP contribution in [0.3, 0.4) is 0 Å². The standard InChI is InChI=1S/C11H21NO3/c1-3-15-10(13)11(6-8-14-2)5-4-7-12-9-11/h12H,3-9H2,1-2H3/t11-/m1/s1. The van der Waals surface area contributed by atoms with Gasteiger partial charge in [0, 0.05) is 20.3 Å². The van der Waals surface area contributed by atoms with Gasteiger partial charge in [-0.3, -0.25) is 4.79 Å². The summed E-state index contributed by atoms with van der Waals surface area (Å²) in [5, 5.41) is 3.27. The predicted molar refractivity (Wildman–Crippen MR) is 57.7 cm³/mol. The van der Waals surface area contributed by atoms with Crippen LogP contribution in [0.2, 0.25) is 0 Å². The molecule has 1 rings (SSSR count). The molecule has 1 aliphatic heterocycles. The van der Waals surface area contributed by atoms with Crippen LogP contribution in [0, 0.1) is 5.41 Å². The van der Waals surface area contributed by atoms with Crippen LogP contribution in [0.1, 0.15) is 26.2 Å². The van der Waals surface area contributed by atoms with Gasteiger partial charge in [0.05, 0.1) is 12.0 Å². The van der Waals surface area contributed by atoms with Gasteiger partial charge in [-0.1, -0.05) is 0 Å². The molecule has 4 heteroatoms. The highest BCUT2D eigenvalue weighted by atomic mass is 16.5. The first-order chi connectivity index (χ1) is 7.25. The summed E-state index contributed by atoms with van der Waals surface area (Å²) >= 11 is 0. The van der Waals surface area contributed by atoms with E-state index >= 15 is 0 Å². The smallest absolute Gasteiger partial charge is 0.313 e. The van der Waals surface area contributed by atoms with Crippen LogP contribution in [0.25, 0.3) is 0 Å². The summed E-state index contributed by atoms with van der Waals surface area (Å²) in [6.07, 6.45) is 2.68. The molecule has 0 aromatic heterocycles. The molecule has 1 fully saturated rings. The van der Waals surface area contributed by atoms with Crippen molar-refractivity contribution in [2.24, 2.45) is 5.41 Å². The minimum absolute atomic E-state index is 0.0748. The maximum atomic E-state index is 11.9. The molecular formula is C11H21NO3. The number of carbonyl (C=O) groups is 1. The van der Waals surface area contributed by atoms with Crippen LogP contribution >= 0.6 is 0 Å². The van der Waals surface area contributed by atoms with Crippen LogP contribution in [-0.2, 0) is 14.3 Å². The normalized spacial score (nSPS) is 26.3. The molecule has 0 unspecified atom stereocenters. The molecule has 0 saturated carbocycles. The Kier molecular flexibility index (Phi) is 5.05. The summed E-state index contributed by atoms with van der Waals surface area (Å²) < 4.78 is 10.2. The van der Waals surface area contributed by atoms with Crippen molar-refractivity contribution in [1.29, 1.82) is 0 Å². The van der Waals surface area contributed by atoms with Crippen LogP contribution < -0.4 is 5.32 Å². The first-order valence-corrected chi connectivity index (χ1v) is 5.62. The van der Waals surface area contributed by atoms with Gasteiger partial charge in [-0.2, -0.15) is 0 Å². The number of rotatable bonds is 5. The van der Waals surface area contributed by atoms with E-state index < -0.39 is 0 Å². The Morgan fingerprint density at radius 1 is 1.53 bits per heavy atom. The van der Waals surface area contributed by atoms with Crippen LogP contribution in [0.4, 0.5) is 0 Å². The van der Waals surface area contributed by atoms with Crippen LogP contribution in [0.15, 0.2) is 0 Å². The van der Waals surface area contributed by atoms with Gasteiger partial charge in [-0.15, -0.1) is 0 Å². The van der Waals surface area contributed by atoms with Crippen molar-refractivity contribution in [3.63, 3.8) is 0 Å². The third-order valence-corrected chi connectivity index (χ3v) is 2.97. The average molecular weight is 215 g/mol. The van der Waals surface area contributed by atoms with Crippen molar-refractivity contribution < 1.29 is 14.3 Å². The molecule has 1 atom stereocenters. The Labute approximate surface area is 91.3 Å². The second-order valence-electron chi connectivity index (χ2n) is 4.02. The molecule has 15 heavy (non-hydrogen) atoms. The zero-order valence-electron chi connectivity index (χ0n) is 9.67. The van der Waals surface area contributed by atoms with Crippen molar-refractivity contribution in [1.82, 2.24) is 5.32 Å². The van der Waals surface area contributed by atoms with E-state index in [-0.39, 0.29) is 11.4 Å². The molecule has 1 heterocycles. The monoisotopic (exact) mass is 215 g/mol. The zero-order valence-corrected chi connectivity index (χ0v) is 9.67. The number of methoxy groups -OCH3 is 1. The van der Waals surface area contributed by atoms with Crippen molar-refractivity contribution >= 4 is 5.97 Å². The highest BCUT2D eigenvalue weighted by Gasteiger charge is 2.40. The zero-order chi connectivity index (χ0) is 11.1. The Bertz CT molecular complexity index is 200. The quantitative estimate of drug-likeness (QED) is 0.694. The Morgan fingerprint density at radius 2 is 2.33 bits per heavy atom. The number of nitrogens with one attached hydrogen (secondary N) is 1. The number of hydrogen-bond acceptors (Lipinski definition) is 4. The lowest BCUT2D eigenvalue weighted by atomic mass is 9.78. The molecule has 4 nitrogen and oxygen atoms in total. The Balaban J connectivity index is 2.61. The average Bonchev–Trinajstić information content (AvgIpc) is 2.28. The first-order valence-electron chi connectivity index (χ1n) is 5.62. The Hall–Kier alpha value is -0.610. The molecule has 88 valence electrons. The molecule has 0 amide bonds. The molecule has 0 aliphatic carbocycles. The molecular weight excluding hydrogens is 194 g/mol. The molecule has 1 aliphatic rings. The molecule has 0 aromatic carbocycles. The van der Waals surface area contributed by atoms with E-state index in [0.717, 1.165) is 32.4 Å². The molecule has 0 spiro atoms. The third kappa shape index (κ3) is 3.18. The molecule has 0 radical (unpaired) electrons. The highest BCUT2D eigenvalue weighted by molar-refractivity contribution is 5.77. The van der Waals surface area contributed by atoms with Gasteiger partial charge in [0.15, 0.2) is 0 Å². The van der Waals surface area contributed by atoms with E-state index in [9.17, 15) is 4.79 Å². The molecule has 1 N–H and O–H groups in total. The molecule has 0 aromatic rings. The summed E-state index contributed by atoms with van der Waals surface area (Å²) in [7, 11) is 1.66. The summed E-state index contributed by atoms with van der Waals surface area (Å²) in [6.45, 7) is 4.62. The van der Waals surface area contributed by atoms with Gasteiger partial charge in [0.1, 0.15) is 0 Å². The second kappa shape index (κ2) is 6.08. The Morgan fingerprint density at radius 3 is 2.87 bits per heavy atom. The summed E-state index contributed by atoms with van der Waals surface area (Å²) in [5.41, 5.74) is -0.357. The van der Waals surface area contributed by atoms with Gasteiger partial charge in [0.2, 0.25) is 0 Å². The minimum atomic E-state index is -0.357. The summed E-state index contributed by atoms with van der Waals surface area (Å²) in [4.78, 5) is 11.9. The summed E-state index contributed by atoms with van der Waals surface area (Å²) in [5.74, 6) is -0.0748. The van der Waals surface area contributed by atoms with Gasteiger partial charge < -0.3 is 14.8 Å². The van der Waals surface area contributed by atoms with E-state index in [1.165, 1.54) is 0 Å². The first kappa shape index (κ1) is 12.5. The third-order valence-electron chi connectivity index (χ3n) is 2.97. The fourth-order valence-electron chi connectivity index (χ4n) is 2.04. The van der Waals surface area contributed by atoms with E-state index in [2.05, 4.69) is 5.32 Å². The van der Waals surface area contributed by atoms with Gasteiger partial charge >= 0.3 is 5.97 Å². The van der Waals surface area contributed by atoms with E-state index in [1.807, 2.05) is 6.92 Å². The number of ether oxygens (including phenoxy) is 2. The van der Waals surface area contributed by atoms with Crippen molar-refractivity contribution in [3.05, 3.63) is 0 Å². The maximum Gasteiger partial charge on any atom is 0.313 e. The van der Waals surface area contributed by atoms with E-state index in [1.54, 1.807) is 7.11 Å². The molecule has 0 bridgehead atoms. The maximum absolute atomic E-state index is 11.9. The van der Waals surface area contributed by atoms with Gasteiger partial charge in [0.25, 0.3) is 0 Å². The lowest BCUT2D eigenvalue weighted by Crippen LogP contribution is -2.47. The van der Waals surface area contributed by atoms with Crippen LogP contribution in [0.5, 0.6) is 0 Å². The minimum Gasteiger partial charge on any atom is -0.466 e. The van der Waals surface area contributed by atoms with Crippen LogP contribution in [-0.4, -0.2) is 39.4 Å². The topological polar surface area (TPSA) is 47.6 Å². The lowest BCUT2D eigenvalue weighted by Gasteiger charge is -2.35. The number of hydrogen-bond donors (Lipinski definition) is 1. The second-order valence-corrected chi connectivity index (χ2v) is 4.02. The SMILES string of the molecule is CCOC(=O)[C@@]1(CCOC)CCCNC1. The highest BCUT2D eigenvalue weighted by Crippen LogP contribution is 2.31. The van der Waals surface area contributed by atoms with Gasteiger partial charge in [-0.05, 0) is 32.7 Å². The van der Waals surface area contributed by atoms with Crippen molar-refractivity contribution in [3.8, 4) is 0 Å². The fourth-order valence-corrected chi connectivity index (χ4v) is 2.04. The van der Waals surface area contributed by atoms with E-state index in [4.69, 9.17) is 9.47 Å².